The molecule has 154 valence electrons. The lowest BCUT2D eigenvalue weighted by atomic mass is 10.1. The molecule has 2 N–H and O–H groups in total. The van der Waals surface area contributed by atoms with Crippen molar-refractivity contribution in [2.75, 3.05) is 28.6 Å². The van der Waals surface area contributed by atoms with E-state index in [2.05, 4.69) is 10.6 Å². The fourth-order valence-electron chi connectivity index (χ4n) is 3.66. The molecule has 0 saturated carbocycles. The van der Waals surface area contributed by atoms with Crippen molar-refractivity contribution in [2.45, 2.75) is 25.8 Å². The highest BCUT2D eigenvalue weighted by Crippen LogP contribution is 2.24. The summed E-state index contributed by atoms with van der Waals surface area (Å²) in [5.41, 5.74) is 1.88. The van der Waals surface area contributed by atoms with E-state index in [1.165, 1.54) is 24.3 Å². The molecule has 0 aliphatic carbocycles. The summed E-state index contributed by atoms with van der Waals surface area (Å²) in [6.07, 6.45) is 3.20. The highest BCUT2D eigenvalue weighted by molar-refractivity contribution is 6.04. The highest BCUT2D eigenvalue weighted by Gasteiger charge is 2.26. The summed E-state index contributed by atoms with van der Waals surface area (Å²) in [7, 11) is 0. The van der Waals surface area contributed by atoms with Crippen LogP contribution in [0.15, 0.2) is 58.1 Å². The van der Waals surface area contributed by atoms with Gasteiger partial charge in [0.15, 0.2) is 0 Å². The molecular formula is C23H22FN3O3. The lowest BCUT2D eigenvalue weighted by molar-refractivity contribution is 0.102. The lowest BCUT2D eigenvalue weighted by Crippen LogP contribution is -2.44. The Bertz CT molecular complexity index is 1110. The van der Waals surface area contributed by atoms with E-state index in [-0.39, 0.29) is 11.7 Å². The molecule has 1 aliphatic heterocycles. The van der Waals surface area contributed by atoms with Crippen molar-refractivity contribution in [1.82, 2.24) is 0 Å². The van der Waals surface area contributed by atoms with Crippen LogP contribution in [0.3, 0.4) is 0 Å². The van der Waals surface area contributed by atoms with Gasteiger partial charge in [-0.1, -0.05) is 12.1 Å². The minimum atomic E-state index is -0.467. The zero-order chi connectivity index (χ0) is 21.1. The van der Waals surface area contributed by atoms with Crippen LogP contribution in [0.25, 0.3) is 0 Å². The first-order valence-electron chi connectivity index (χ1n) is 10.0. The summed E-state index contributed by atoms with van der Waals surface area (Å²) in [5.74, 6) is -0.661. The molecule has 4 rings (SSSR count). The number of hydrogen-bond acceptors (Lipinski definition) is 5. The SMILES string of the molecule is O=C(Nc1ccc(F)cc1)c1ccc(CNc2c(N3CCCCC3)c(=O)c2=O)cc1. The Labute approximate surface area is 173 Å². The number of nitrogens with one attached hydrogen (secondary N) is 2. The molecule has 1 aliphatic rings. The summed E-state index contributed by atoms with van der Waals surface area (Å²) < 4.78 is 13.0. The molecule has 7 heteroatoms. The van der Waals surface area contributed by atoms with Crippen LogP contribution in [0.2, 0.25) is 0 Å². The molecule has 0 spiro atoms. The zero-order valence-electron chi connectivity index (χ0n) is 16.4. The summed E-state index contributed by atoms with van der Waals surface area (Å²) >= 11 is 0. The minimum absolute atomic E-state index is 0.295. The van der Waals surface area contributed by atoms with Gasteiger partial charge >= 0.3 is 0 Å². The Morgan fingerprint density at radius 1 is 0.900 bits per heavy atom. The smallest absolute Gasteiger partial charge is 0.255 e. The van der Waals surface area contributed by atoms with Crippen molar-refractivity contribution in [3.05, 3.63) is 85.9 Å². The largest absolute Gasteiger partial charge is 0.376 e. The molecule has 3 aromatic carbocycles. The molecule has 1 fully saturated rings. The molecule has 1 heterocycles. The van der Waals surface area contributed by atoms with Gasteiger partial charge in [-0.2, -0.15) is 0 Å². The number of rotatable bonds is 6. The van der Waals surface area contributed by atoms with E-state index < -0.39 is 10.9 Å². The van der Waals surface area contributed by atoms with Crippen molar-refractivity contribution >= 4 is 23.0 Å². The minimum Gasteiger partial charge on any atom is -0.376 e. The predicted molar refractivity (Wildman–Crippen MR) is 116 cm³/mol. The van der Waals surface area contributed by atoms with Gasteiger partial charge in [0.25, 0.3) is 16.8 Å². The Morgan fingerprint density at radius 2 is 1.57 bits per heavy atom. The molecule has 30 heavy (non-hydrogen) atoms. The van der Waals surface area contributed by atoms with Crippen LogP contribution in [-0.2, 0) is 6.54 Å². The van der Waals surface area contributed by atoms with Gasteiger partial charge in [-0.3, -0.25) is 14.4 Å². The van der Waals surface area contributed by atoms with Crippen molar-refractivity contribution in [1.29, 1.82) is 0 Å². The maximum absolute atomic E-state index is 13.0. The maximum Gasteiger partial charge on any atom is 0.255 e. The molecule has 1 amide bonds. The van der Waals surface area contributed by atoms with Crippen molar-refractivity contribution < 1.29 is 9.18 Å². The number of amides is 1. The third-order valence-electron chi connectivity index (χ3n) is 5.34. The second kappa shape index (κ2) is 8.49. The summed E-state index contributed by atoms with van der Waals surface area (Å²) in [6, 6.07) is 12.5. The van der Waals surface area contributed by atoms with Gasteiger partial charge in [-0.15, -0.1) is 0 Å². The molecule has 0 unspecified atom stereocenters. The standard InChI is InChI=1S/C23H22FN3O3/c24-17-8-10-18(11-9-17)26-23(30)16-6-4-15(5-7-16)14-25-19-20(22(29)21(19)28)27-12-2-1-3-13-27/h4-11,25H,1-3,12-14H2,(H,26,30). The fraction of sp³-hybridized carbons (Fsp3) is 0.261. The van der Waals surface area contributed by atoms with Crippen LogP contribution in [0.4, 0.5) is 21.5 Å². The predicted octanol–water partition coefficient (Wildman–Crippen LogP) is 3.28. The summed E-state index contributed by atoms with van der Waals surface area (Å²) in [4.78, 5) is 38.3. The van der Waals surface area contributed by atoms with Crippen LogP contribution in [0, 0.1) is 5.82 Å². The second-order valence-electron chi connectivity index (χ2n) is 7.44. The Kier molecular flexibility index (Phi) is 5.61. The van der Waals surface area contributed by atoms with Gasteiger partial charge in [0.05, 0.1) is 0 Å². The molecule has 0 aromatic heterocycles. The number of anilines is 3. The average molecular weight is 407 g/mol. The number of carbonyl (C=O) groups excluding carboxylic acids is 1. The summed E-state index contributed by atoms with van der Waals surface area (Å²) in [5, 5.41) is 5.80. The van der Waals surface area contributed by atoms with Crippen molar-refractivity contribution in [2.24, 2.45) is 0 Å². The first-order valence-corrected chi connectivity index (χ1v) is 10.0. The number of benzene rings is 2. The number of halogens is 1. The number of hydrogen-bond donors (Lipinski definition) is 2. The molecule has 0 bridgehead atoms. The molecule has 1 saturated heterocycles. The molecular weight excluding hydrogens is 385 g/mol. The Balaban J connectivity index is 1.38. The van der Waals surface area contributed by atoms with E-state index in [0.717, 1.165) is 37.9 Å². The number of nitrogens with zero attached hydrogens (tertiary/aromatic N) is 1. The van der Waals surface area contributed by atoms with Crippen molar-refractivity contribution in [3.8, 4) is 0 Å². The van der Waals surface area contributed by atoms with Gasteiger partial charge in [0.1, 0.15) is 17.2 Å². The van der Waals surface area contributed by atoms with E-state index in [0.29, 0.717) is 29.2 Å². The highest BCUT2D eigenvalue weighted by atomic mass is 19.1. The topological polar surface area (TPSA) is 78.5 Å². The second-order valence-corrected chi connectivity index (χ2v) is 7.44. The van der Waals surface area contributed by atoms with E-state index in [4.69, 9.17) is 0 Å². The summed E-state index contributed by atoms with van der Waals surface area (Å²) in [6.45, 7) is 1.99. The average Bonchev–Trinajstić information content (AvgIpc) is 2.78. The normalized spacial score (nSPS) is 14.0. The van der Waals surface area contributed by atoms with Crippen LogP contribution >= 0.6 is 0 Å². The van der Waals surface area contributed by atoms with Crippen LogP contribution in [-0.4, -0.2) is 19.0 Å². The number of carbonyl (C=O) groups is 1. The van der Waals surface area contributed by atoms with Gasteiger partial charge in [0, 0.05) is 30.9 Å². The quantitative estimate of drug-likeness (QED) is 0.613. The maximum atomic E-state index is 13.0. The van der Waals surface area contributed by atoms with Crippen molar-refractivity contribution in [3.63, 3.8) is 0 Å². The van der Waals surface area contributed by atoms with Gasteiger partial charge in [-0.25, -0.2) is 4.39 Å². The molecule has 3 aromatic rings. The van der Waals surface area contributed by atoms with E-state index >= 15 is 0 Å². The third kappa shape index (κ3) is 4.10. The van der Waals surface area contributed by atoms with Gasteiger partial charge in [-0.05, 0) is 61.2 Å². The van der Waals surface area contributed by atoms with Crippen LogP contribution < -0.4 is 26.4 Å². The third-order valence-corrected chi connectivity index (χ3v) is 5.34. The molecule has 6 nitrogen and oxygen atoms in total. The van der Waals surface area contributed by atoms with Crippen LogP contribution in [0.1, 0.15) is 35.2 Å². The first-order chi connectivity index (χ1) is 14.5. The number of piperidine rings is 1. The van der Waals surface area contributed by atoms with E-state index in [1.807, 2.05) is 4.90 Å². The van der Waals surface area contributed by atoms with E-state index in [1.54, 1.807) is 24.3 Å². The first kappa shape index (κ1) is 19.8. The van der Waals surface area contributed by atoms with Gasteiger partial charge < -0.3 is 15.5 Å². The molecule has 0 atom stereocenters. The monoisotopic (exact) mass is 407 g/mol. The Hall–Kier alpha value is -3.48. The van der Waals surface area contributed by atoms with E-state index in [9.17, 15) is 18.8 Å². The lowest BCUT2D eigenvalue weighted by Gasteiger charge is -2.30. The fourth-order valence-corrected chi connectivity index (χ4v) is 3.66. The van der Waals surface area contributed by atoms with Gasteiger partial charge in [0.2, 0.25) is 0 Å². The Morgan fingerprint density at radius 3 is 2.23 bits per heavy atom. The zero-order valence-corrected chi connectivity index (χ0v) is 16.4. The molecule has 0 radical (unpaired) electrons. The van der Waals surface area contributed by atoms with Crippen LogP contribution in [0.5, 0.6) is 0 Å².